The van der Waals surface area contributed by atoms with Crippen molar-refractivity contribution in [2.45, 2.75) is 24.9 Å². The summed E-state index contributed by atoms with van der Waals surface area (Å²) in [5.41, 5.74) is 8.76. The van der Waals surface area contributed by atoms with Gasteiger partial charge >= 0.3 is 5.97 Å². The third-order valence-electron chi connectivity index (χ3n) is 4.61. The van der Waals surface area contributed by atoms with Gasteiger partial charge in [0.15, 0.2) is 0 Å². The molecule has 0 unspecified atom stereocenters. The monoisotopic (exact) mass is 383 g/mol. The minimum absolute atomic E-state index is 0.0242. The van der Waals surface area contributed by atoms with Crippen molar-refractivity contribution in [2.24, 2.45) is 5.73 Å². The molecule has 2 aromatic rings. The van der Waals surface area contributed by atoms with Gasteiger partial charge in [0.05, 0.1) is 12.6 Å². The van der Waals surface area contributed by atoms with Gasteiger partial charge in [0.25, 0.3) is 0 Å². The highest BCUT2D eigenvalue weighted by molar-refractivity contribution is 5.89. The predicted octanol–water partition coefficient (Wildman–Crippen LogP) is 0.171. The third kappa shape index (κ3) is 4.47. The van der Waals surface area contributed by atoms with Crippen molar-refractivity contribution in [1.82, 2.24) is 10.6 Å². The highest BCUT2D eigenvalue weighted by atomic mass is 16.4. The van der Waals surface area contributed by atoms with E-state index in [9.17, 15) is 24.6 Å². The van der Waals surface area contributed by atoms with E-state index in [1.54, 1.807) is 24.3 Å². The number of aromatic hydroxyl groups is 1. The summed E-state index contributed by atoms with van der Waals surface area (Å²) < 4.78 is 0. The fraction of sp³-hybridized carbons (Fsp3) is 0.250. The summed E-state index contributed by atoms with van der Waals surface area (Å²) in [7, 11) is 0. The lowest BCUT2D eigenvalue weighted by atomic mass is 9.96. The first-order valence-corrected chi connectivity index (χ1v) is 8.80. The number of carbonyl (C=O) groups is 3. The van der Waals surface area contributed by atoms with Gasteiger partial charge in [0.2, 0.25) is 11.8 Å². The average molecular weight is 383 g/mol. The Bertz CT molecular complexity index is 928. The Morgan fingerprint density at radius 3 is 2.57 bits per heavy atom. The second-order valence-electron chi connectivity index (χ2n) is 6.73. The van der Waals surface area contributed by atoms with Crippen LogP contribution in [-0.2, 0) is 27.2 Å². The summed E-state index contributed by atoms with van der Waals surface area (Å²) in [5, 5.41) is 24.4. The van der Waals surface area contributed by atoms with E-state index in [2.05, 4.69) is 10.6 Å². The van der Waals surface area contributed by atoms with Crippen LogP contribution in [0.25, 0.3) is 11.1 Å². The van der Waals surface area contributed by atoms with Gasteiger partial charge in [-0.05, 0) is 34.4 Å². The lowest BCUT2D eigenvalue weighted by molar-refractivity contribution is -0.141. The fourth-order valence-corrected chi connectivity index (χ4v) is 3.12. The van der Waals surface area contributed by atoms with E-state index in [1.165, 1.54) is 6.07 Å². The fourth-order valence-electron chi connectivity index (χ4n) is 3.12. The molecule has 2 atom stereocenters. The molecule has 1 aliphatic rings. The summed E-state index contributed by atoms with van der Waals surface area (Å²) >= 11 is 0. The smallest absolute Gasteiger partial charge is 0.326 e. The molecule has 0 radical (unpaired) electrons. The first-order valence-electron chi connectivity index (χ1n) is 8.80. The van der Waals surface area contributed by atoms with Crippen molar-refractivity contribution in [3.63, 3.8) is 0 Å². The van der Waals surface area contributed by atoms with Crippen LogP contribution < -0.4 is 16.4 Å². The number of phenolic OH excluding ortho intramolecular Hbond substituents is 1. The van der Waals surface area contributed by atoms with Crippen LogP contribution in [0.5, 0.6) is 5.75 Å². The molecule has 0 fully saturated rings. The van der Waals surface area contributed by atoms with Crippen molar-refractivity contribution < 1.29 is 24.6 Å². The minimum Gasteiger partial charge on any atom is -0.508 e. The molecule has 0 spiro atoms. The van der Waals surface area contributed by atoms with Crippen LogP contribution in [0.3, 0.4) is 0 Å². The van der Waals surface area contributed by atoms with Crippen molar-refractivity contribution in [3.05, 3.63) is 53.6 Å². The molecule has 2 aromatic carbocycles. The van der Waals surface area contributed by atoms with Gasteiger partial charge in [-0.15, -0.1) is 0 Å². The van der Waals surface area contributed by atoms with Gasteiger partial charge in [-0.1, -0.05) is 30.3 Å². The van der Waals surface area contributed by atoms with Crippen LogP contribution in [0.15, 0.2) is 42.5 Å². The topological polar surface area (TPSA) is 142 Å². The lowest BCUT2D eigenvalue weighted by Gasteiger charge is -2.16. The number of nitrogens with one attached hydrogen (secondary N) is 2. The third-order valence-corrected chi connectivity index (χ3v) is 4.61. The van der Waals surface area contributed by atoms with Crippen molar-refractivity contribution in [2.75, 3.05) is 6.54 Å². The van der Waals surface area contributed by atoms with Gasteiger partial charge < -0.3 is 26.6 Å². The zero-order chi connectivity index (χ0) is 20.3. The first kappa shape index (κ1) is 19.4. The molecule has 146 valence electrons. The van der Waals surface area contributed by atoms with Crippen molar-refractivity contribution in [3.8, 4) is 16.9 Å². The molecule has 28 heavy (non-hydrogen) atoms. The number of aliphatic carboxylic acids is 1. The predicted molar refractivity (Wildman–Crippen MR) is 102 cm³/mol. The number of hydrogen-bond donors (Lipinski definition) is 5. The van der Waals surface area contributed by atoms with Crippen LogP contribution in [-0.4, -0.2) is 46.6 Å². The van der Waals surface area contributed by atoms with Crippen LogP contribution in [0, 0.1) is 0 Å². The Labute approximate surface area is 161 Å². The Morgan fingerprint density at radius 2 is 1.82 bits per heavy atom. The number of amides is 2. The SMILES string of the molecule is N[C@H]1Cc2cc(ccc2O)-c2cccc(c2)C[C@@H](C(=O)O)NC(=O)CNC1=O. The molecule has 8 heteroatoms. The number of carboxylic acid groups (broad SMARTS) is 1. The van der Waals surface area contributed by atoms with Gasteiger partial charge in [-0.2, -0.15) is 0 Å². The average Bonchev–Trinajstić information content (AvgIpc) is 2.66. The van der Waals surface area contributed by atoms with Gasteiger partial charge in [-0.3, -0.25) is 9.59 Å². The molecular formula is C20H21N3O5. The number of carbonyl (C=O) groups excluding carboxylic acids is 2. The summed E-state index contributed by atoms with van der Waals surface area (Å²) in [5.74, 6) is -2.33. The molecule has 6 N–H and O–H groups in total. The normalized spacial score (nSPS) is 20.3. The maximum absolute atomic E-state index is 12.2. The van der Waals surface area contributed by atoms with E-state index < -0.39 is 29.9 Å². The zero-order valence-corrected chi connectivity index (χ0v) is 15.0. The van der Waals surface area contributed by atoms with E-state index in [0.717, 1.165) is 16.7 Å². The van der Waals surface area contributed by atoms with E-state index in [0.29, 0.717) is 5.56 Å². The summed E-state index contributed by atoms with van der Waals surface area (Å²) in [6.07, 6.45) is 0.178. The largest absolute Gasteiger partial charge is 0.508 e. The number of fused-ring (bicyclic) bond motifs is 5. The molecule has 0 saturated heterocycles. The molecule has 0 aliphatic carbocycles. The number of benzene rings is 2. The number of phenols is 1. The summed E-state index contributed by atoms with van der Waals surface area (Å²) in [4.78, 5) is 35.7. The van der Waals surface area contributed by atoms with Gasteiger partial charge in [0.1, 0.15) is 11.8 Å². The first-order chi connectivity index (χ1) is 13.3. The molecule has 4 bridgehead atoms. The Hall–Kier alpha value is -3.39. The number of hydrogen-bond acceptors (Lipinski definition) is 5. The Morgan fingerprint density at radius 1 is 1.07 bits per heavy atom. The van der Waals surface area contributed by atoms with E-state index in [4.69, 9.17) is 5.73 Å². The van der Waals surface area contributed by atoms with Crippen molar-refractivity contribution >= 4 is 17.8 Å². The van der Waals surface area contributed by atoms with Gasteiger partial charge in [0, 0.05) is 12.8 Å². The number of rotatable bonds is 1. The zero-order valence-electron chi connectivity index (χ0n) is 15.0. The quantitative estimate of drug-likeness (QED) is 0.475. The van der Waals surface area contributed by atoms with E-state index in [-0.39, 0.29) is 25.1 Å². The molecule has 0 aromatic heterocycles. The highest BCUT2D eigenvalue weighted by Gasteiger charge is 2.23. The summed E-state index contributed by atoms with van der Waals surface area (Å²) in [6, 6.07) is 10.2. The van der Waals surface area contributed by atoms with Crippen LogP contribution in [0.4, 0.5) is 0 Å². The van der Waals surface area contributed by atoms with E-state index in [1.807, 2.05) is 12.1 Å². The van der Waals surface area contributed by atoms with Crippen LogP contribution >= 0.6 is 0 Å². The number of carboxylic acids is 1. The highest BCUT2D eigenvalue weighted by Crippen LogP contribution is 2.27. The minimum atomic E-state index is -1.17. The van der Waals surface area contributed by atoms with Crippen LogP contribution in [0.1, 0.15) is 11.1 Å². The van der Waals surface area contributed by atoms with Gasteiger partial charge in [-0.25, -0.2) is 4.79 Å². The Kier molecular flexibility index (Phi) is 5.60. The lowest BCUT2D eigenvalue weighted by Crippen LogP contribution is -2.49. The molecule has 1 heterocycles. The molecule has 0 saturated carbocycles. The molecule has 8 nitrogen and oxygen atoms in total. The number of nitrogens with two attached hydrogens (primary N) is 1. The van der Waals surface area contributed by atoms with Crippen LogP contribution in [0.2, 0.25) is 0 Å². The maximum Gasteiger partial charge on any atom is 0.326 e. The second-order valence-corrected chi connectivity index (χ2v) is 6.73. The molecule has 3 rings (SSSR count). The molecule has 2 amide bonds. The molecule has 1 aliphatic heterocycles. The maximum atomic E-state index is 12.2. The Balaban J connectivity index is 2.04. The van der Waals surface area contributed by atoms with Crippen molar-refractivity contribution in [1.29, 1.82) is 0 Å². The second kappa shape index (κ2) is 8.10. The van der Waals surface area contributed by atoms with E-state index >= 15 is 0 Å². The summed E-state index contributed by atoms with van der Waals surface area (Å²) in [6.45, 7) is -0.387. The molecular weight excluding hydrogens is 362 g/mol. The standard InChI is InChI=1S/C20H21N3O5/c21-15-9-14-8-13(4-5-17(14)24)12-3-1-2-11(6-12)7-16(20(27)28)23-18(25)10-22-19(15)26/h1-6,8,15-16,24H,7,9-10,21H2,(H,22,26)(H,23,25)(H,27,28)/t15-,16-/m0/s1.